The van der Waals surface area contributed by atoms with E-state index in [1.807, 2.05) is 6.07 Å². The molecule has 1 saturated heterocycles. The number of carbonyl (C=O) groups excluding carboxylic acids is 1. The molecule has 90 valence electrons. The van der Waals surface area contributed by atoms with Gasteiger partial charge >= 0.3 is 6.03 Å². The van der Waals surface area contributed by atoms with Gasteiger partial charge in [0.1, 0.15) is 0 Å². The van der Waals surface area contributed by atoms with Crippen molar-refractivity contribution in [1.29, 1.82) is 0 Å². The maximum absolute atomic E-state index is 10.8. The van der Waals surface area contributed by atoms with Gasteiger partial charge < -0.3 is 11.1 Å². The summed E-state index contributed by atoms with van der Waals surface area (Å²) in [5.74, 6) is 1.23. The SMILES string of the molecule is NC(=O)NC1C2CN(Cc3ccccc3)CC21. The van der Waals surface area contributed by atoms with Gasteiger partial charge in [-0.25, -0.2) is 4.79 Å². The first-order chi connectivity index (χ1) is 8.24. The molecule has 1 aliphatic carbocycles. The summed E-state index contributed by atoms with van der Waals surface area (Å²) in [7, 11) is 0. The number of nitrogens with one attached hydrogen (secondary N) is 1. The van der Waals surface area contributed by atoms with Crippen molar-refractivity contribution >= 4 is 6.03 Å². The van der Waals surface area contributed by atoms with Crippen molar-refractivity contribution in [1.82, 2.24) is 10.2 Å². The Balaban J connectivity index is 1.51. The van der Waals surface area contributed by atoms with Gasteiger partial charge in [0.2, 0.25) is 0 Å². The van der Waals surface area contributed by atoms with Crippen LogP contribution in [0.3, 0.4) is 0 Å². The van der Waals surface area contributed by atoms with Crippen LogP contribution >= 0.6 is 0 Å². The summed E-state index contributed by atoms with van der Waals surface area (Å²) in [5, 5.41) is 2.82. The van der Waals surface area contributed by atoms with Gasteiger partial charge in [0.15, 0.2) is 0 Å². The van der Waals surface area contributed by atoms with Gasteiger partial charge in [-0.2, -0.15) is 0 Å². The zero-order valence-electron chi connectivity index (χ0n) is 9.67. The van der Waals surface area contributed by atoms with Crippen LogP contribution in [-0.2, 0) is 6.54 Å². The first kappa shape index (κ1) is 10.6. The number of nitrogens with zero attached hydrogens (tertiary/aromatic N) is 1. The Morgan fingerprint density at radius 2 is 1.94 bits per heavy atom. The number of carbonyl (C=O) groups is 1. The maximum atomic E-state index is 10.8. The molecule has 3 rings (SSSR count). The lowest BCUT2D eigenvalue weighted by Gasteiger charge is -2.19. The second-order valence-corrected chi connectivity index (χ2v) is 5.04. The first-order valence-electron chi connectivity index (χ1n) is 6.06. The molecule has 17 heavy (non-hydrogen) atoms. The summed E-state index contributed by atoms with van der Waals surface area (Å²) >= 11 is 0. The Bertz CT molecular complexity index is 408. The molecular formula is C13H17N3O. The number of urea groups is 1. The number of hydrogen-bond donors (Lipinski definition) is 2. The standard InChI is InChI=1S/C13H17N3O/c14-13(17)15-12-10-7-16(8-11(10)12)6-9-4-2-1-3-5-9/h1-5,10-12H,6-8H2,(H3,14,15,17). The monoisotopic (exact) mass is 231 g/mol. The third kappa shape index (κ3) is 2.13. The lowest BCUT2D eigenvalue weighted by molar-refractivity contribution is 0.242. The number of primary amides is 1. The molecule has 2 atom stereocenters. The number of fused-ring (bicyclic) bond motifs is 1. The van der Waals surface area contributed by atoms with E-state index in [0.717, 1.165) is 19.6 Å². The van der Waals surface area contributed by atoms with Crippen LogP contribution in [0.5, 0.6) is 0 Å². The highest BCUT2D eigenvalue weighted by Crippen LogP contribution is 2.45. The summed E-state index contributed by atoms with van der Waals surface area (Å²) in [4.78, 5) is 13.2. The van der Waals surface area contributed by atoms with Crippen LogP contribution in [0, 0.1) is 11.8 Å². The molecule has 2 fully saturated rings. The quantitative estimate of drug-likeness (QED) is 0.808. The Hall–Kier alpha value is -1.55. The highest BCUT2D eigenvalue weighted by Gasteiger charge is 2.56. The highest BCUT2D eigenvalue weighted by atomic mass is 16.2. The Morgan fingerprint density at radius 1 is 1.29 bits per heavy atom. The molecule has 0 radical (unpaired) electrons. The zero-order valence-corrected chi connectivity index (χ0v) is 9.67. The van der Waals surface area contributed by atoms with Gasteiger partial charge in [-0.15, -0.1) is 0 Å². The minimum atomic E-state index is -0.390. The number of likely N-dealkylation sites (tertiary alicyclic amines) is 1. The van der Waals surface area contributed by atoms with Crippen LogP contribution in [0.4, 0.5) is 4.79 Å². The van der Waals surface area contributed by atoms with E-state index in [1.165, 1.54) is 5.56 Å². The average molecular weight is 231 g/mol. The number of benzene rings is 1. The smallest absolute Gasteiger partial charge is 0.312 e. The van der Waals surface area contributed by atoms with Crippen LogP contribution in [0.1, 0.15) is 5.56 Å². The van der Waals surface area contributed by atoms with Gasteiger partial charge in [-0.05, 0) is 17.4 Å². The summed E-state index contributed by atoms with van der Waals surface area (Å²) in [6.07, 6.45) is 0. The molecule has 1 saturated carbocycles. The Kier molecular flexibility index (Phi) is 2.52. The third-order valence-electron chi connectivity index (χ3n) is 3.83. The number of amides is 2. The van der Waals surface area contributed by atoms with Crippen LogP contribution < -0.4 is 11.1 Å². The van der Waals surface area contributed by atoms with Gasteiger partial charge in [-0.3, -0.25) is 4.90 Å². The fourth-order valence-corrected chi connectivity index (χ4v) is 2.96. The predicted octanol–water partition coefficient (Wildman–Crippen LogP) is 0.785. The van der Waals surface area contributed by atoms with E-state index in [4.69, 9.17) is 5.73 Å². The van der Waals surface area contributed by atoms with Gasteiger partial charge in [0.05, 0.1) is 0 Å². The summed E-state index contributed by atoms with van der Waals surface area (Å²) in [6, 6.07) is 10.4. The van der Waals surface area contributed by atoms with Crippen molar-refractivity contribution in [2.75, 3.05) is 13.1 Å². The molecule has 0 spiro atoms. The van der Waals surface area contributed by atoms with Crippen molar-refractivity contribution in [2.45, 2.75) is 12.6 Å². The van der Waals surface area contributed by atoms with E-state index >= 15 is 0 Å². The summed E-state index contributed by atoms with van der Waals surface area (Å²) in [6.45, 7) is 3.16. The Morgan fingerprint density at radius 3 is 2.53 bits per heavy atom. The average Bonchev–Trinajstić information content (AvgIpc) is 2.74. The van der Waals surface area contributed by atoms with Crippen molar-refractivity contribution in [3.8, 4) is 0 Å². The van der Waals surface area contributed by atoms with Crippen molar-refractivity contribution in [3.63, 3.8) is 0 Å². The summed E-state index contributed by atoms with van der Waals surface area (Å²) in [5.41, 5.74) is 6.49. The second kappa shape index (κ2) is 4.04. The van der Waals surface area contributed by atoms with Gasteiger partial charge in [-0.1, -0.05) is 30.3 Å². The van der Waals surface area contributed by atoms with E-state index in [1.54, 1.807) is 0 Å². The molecule has 3 N–H and O–H groups in total. The van der Waals surface area contributed by atoms with Crippen molar-refractivity contribution in [3.05, 3.63) is 35.9 Å². The van der Waals surface area contributed by atoms with Gasteiger partial charge in [0, 0.05) is 25.7 Å². The number of nitrogens with two attached hydrogens (primary N) is 1. The third-order valence-corrected chi connectivity index (χ3v) is 3.83. The molecule has 1 aliphatic heterocycles. The van der Waals surface area contributed by atoms with Crippen LogP contribution in [0.2, 0.25) is 0 Å². The molecule has 0 aromatic heterocycles. The molecule has 2 aliphatic rings. The fraction of sp³-hybridized carbons (Fsp3) is 0.462. The number of piperidine rings is 1. The van der Waals surface area contributed by atoms with Crippen molar-refractivity contribution < 1.29 is 4.79 Å². The largest absolute Gasteiger partial charge is 0.352 e. The fourth-order valence-electron chi connectivity index (χ4n) is 2.96. The van der Waals surface area contributed by atoms with E-state index in [2.05, 4.69) is 34.5 Å². The highest BCUT2D eigenvalue weighted by molar-refractivity contribution is 5.72. The zero-order chi connectivity index (χ0) is 11.8. The molecule has 2 amide bonds. The van der Waals surface area contributed by atoms with Crippen LogP contribution in [0.25, 0.3) is 0 Å². The Labute approximate surface area is 101 Å². The first-order valence-corrected chi connectivity index (χ1v) is 6.06. The van der Waals surface area contributed by atoms with Crippen LogP contribution in [0.15, 0.2) is 30.3 Å². The van der Waals surface area contributed by atoms with Crippen LogP contribution in [-0.4, -0.2) is 30.1 Å². The van der Waals surface area contributed by atoms with E-state index < -0.39 is 0 Å². The molecule has 1 heterocycles. The lowest BCUT2D eigenvalue weighted by atomic mass is 10.2. The number of rotatable bonds is 3. The topological polar surface area (TPSA) is 58.4 Å². The van der Waals surface area contributed by atoms with E-state index in [9.17, 15) is 4.79 Å². The van der Waals surface area contributed by atoms with Crippen molar-refractivity contribution in [2.24, 2.45) is 17.6 Å². The molecule has 1 aromatic rings. The van der Waals surface area contributed by atoms with E-state index in [-0.39, 0.29) is 6.03 Å². The van der Waals surface area contributed by atoms with E-state index in [0.29, 0.717) is 17.9 Å². The predicted molar refractivity (Wildman–Crippen MR) is 65.2 cm³/mol. The minimum absolute atomic E-state index is 0.333. The lowest BCUT2D eigenvalue weighted by Crippen LogP contribution is -2.37. The minimum Gasteiger partial charge on any atom is -0.352 e. The molecule has 4 nitrogen and oxygen atoms in total. The normalized spacial score (nSPS) is 30.9. The second-order valence-electron chi connectivity index (χ2n) is 5.04. The molecule has 0 bridgehead atoms. The molecule has 1 aromatic carbocycles. The van der Waals surface area contributed by atoms with Gasteiger partial charge in [0.25, 0.3) is 0 Å². The molecule has 4 heteroatoms. The molecule has 2 unspecified atom stereocenters. The number of hydrogen-bond acceptors (Lipinski definition) is 2. The summed E-state index contributed by atoms with van der Waals surface area (Å²) < 4.78 is 0. The maximum Gasteiger partial charge on any atom is 0.312 e. The molecular weight excluding hydrogens is 214 g/mol.